The molecule has 1 aliphatic rings. The maximum Gasteiger partial charge on any atom is 0.306 e. The molecule has 2 rings (SSSR count). The molecule has 1 saturated carbocycles. The number of anilines is 2. The number of hydrogen-bond acceptors (Lipinski definition) is 4. The minimum Gasteiger partial charge on any atom is -0.469 e. The van der Waals surface area contributed by atoms with E-state index in [1.165, 1.54) is 7.11 Å². The molecule has 1 aromatic rings. The van der Waals surface area contributed by atoms with Crippen LogP contribution in [0.15, 0.2) is 18.2 Å². The van der Waals surface area contributed by atoms with Crippen LogP contribution in [0.1, 0.15) is 31.2 Å². The Kier molecular flexibility index (Phi) is 5.14. The lowest BCUT2D eigenvalue weighted by atomic mass is 10.1. The van der Waals surface area contributed by atoms with Crippen molar-refractivity contribution in [3.8, 4) is 0 Å². The van der Waals surface area contributed by atoms with Crippen LogP contribution in [0.5, 0.6) is 0 Å². The third kappa shape index (κ3) is 4.58. The van der Waals surface area contributed by atoms with E-state index in [2.05, 4.69) is 15.4 Å². The Labute approximate surface area is 129 Å². The van der Waals surface area contributed by atoms with Gasteiger partial charge in [0.25, 0.3) is 0 Å². The molecule has 0 unspecified atom stereocenters. The molecule has 118 valence electrons. The summed E-state index contributed by atoms with van der Waals surface area (Å²) < 4.78 is 4.49. The predicted octanol–water partition coefficient (Wildman–Crippen LogP) is 2.24. The van der Waals surface area contributed by atoms with E-state index in [0.29, 0.717) is 11.4 Å². The van der Waals surface area contributed by atoms with Crippen molar-refractivity contribution in [2.45, 2.75) is 32.6 Å². The van der Waals surface area contributed by atoms with Crippen molar-refractivity contribution in [2.24, 2.45) is 5.92 Å². The van der Waals surface area contributed by atoms with Crippen LogP contribution in [0.4, 0.5) is 11.4 Å². The normalized spacial score (nSPS) is 13.4. The number of ether oxygens (including phenoxy) is 1. The fourth-order valence-corrected chi connectivity index (χ4v) is 1.96. The molecule has 0 atom stereocenters. The Hall–Kier alpha value is -2.37. The van der Waals surface area contributed by atoms with Gasteiger partial charge in [-0.1, -0.05) is 6.07 Å². The number of rotatable bonds is 6. The molecule has 6 nitrogen and oxygen atoms in total. The van der Waals surface area contributed by atoms with Crippen LogP contribution in [0, 0.1) is 12.8 Å². The van der Waals surface area contributed by atoms with Crippen LogP contribution in [-0.4, -0.2) is 24.9 Å². The summed E-state index contributed by atoms with van der Waals surface area (Å²) in [5.41, 5.74) is 2.22. The second kappa shape index (κ2) is 7.06. The third-order valence-electron chi connectivity index (χ3n) is 3.51. The summed E-state index contributed by atoms with van der Waals surface area (Å²) >= 11 is 0. The van der Waals surface area contributed by atoms with Gasteiger partial charge in [-0.15, -0.1) is 0 Å². The Bertz CT molecular complexity index is 594. The molecule has 0 aliphatic heterocycles. The van der Waals surface area contributed by atoms with Crippen LogP contribution in [-0.2, 0) is 19.1 Å². The lowest BCUT2D eigenvalue weighted by Crippen LogP contribution is -2.16. The fourth-order valence-electron chi connectivity index (χ4n) is 1.96. The van der Waals surface area contributed by atoms with Crippen LogP contribution in [0.3, 0.4) is 0 Å². The van der Waals surface area contributed by atoms with Crippen molar-refractivity contribution in [1.82, 2.24) is 0 Å². The number of esters is 1. The maximum atomic E-state index is 11.8. The number of nitrogens with one attached hydrogen (secondary N) is 2. The molecule has 0 bridgehead atoms. The molecule has 1 aliphatic carbocycles. The van der Waals surface area contributed by atoms with Gasteiger partial charge in [0, 0.05) is 23.7 Å². The number of benzene rings is 1. The minimum atomic E-state index is -0.420. The standard InChI is InChI=1S/C16H20N2O4/c1-10-3-6-12(17-14(19)7-8-15(20)22-2)9-13(10)18-16(21)11-4-5-11/h3,6,9,11H,4-5,7-8H2,1-2H3,(H,17,19)(H,18,21). The smallest absolute Gasteiger partial charge is 0.306 e. The third-order valence-corrected chi connectivity index (χ3v) is 3.51. The first-order valence-electron chi connectivity index (χ1n) is 7.28. The Morgan fingerprint density at radius 1 is 1.18 bits per heavy atom. The monoisotopic (exact) mass is 304 g/mol. The van der Waals surface area contributed by atoms with E-state index >= 15 is 0 Å². The molecule has 0 aromatic heterocycles. The number of methoxy groups -OCH3 is 1. The summed E-state index contributed by atoms with van der Waals surface area (Å²) in [5.74, 6) is -0.542. The van der Waals surface area contributed by atoms with Gasteiger partial charge in [-0.3, -0.25) is 14.4 Å². The van der Waals surface area contributed by atoms with E-state index < -0.39 is 5.97 Å². The number of carbonyl (C=O) groups is 3. The number of hydrogen-bond donors (Lipinski definition) is 2. The SMILES string of the molecule is COC(=O)CCC(=O)Nc1ccc(C)c(NC(=O)C2CC2)c1. The first kappa shape index (κ1) is 16.0. The van der Waals surface area contributed by atoms with Gasteiger partial charge in [0.05, 0.1) is 13.5 Å². The minimum absolute atomic E-state index is 0.0252. The van der Waals surface area contributed by atoms with E-state index in [1.54, 1.807) is 12.1 Å². The molecule has 0 heterocycles. The largest absolute Gasteiger partial charge is 0.469 e. The zero-order valence-electron chi connectivity index (χ0n) is 12.8. The highest BCUT2D eigenvalue weighted by atomic mass is 16.5. The molecule has 2 N–H and O–H groups in total. The molecule has 1 fully saturated rings. The van der Waals surface area contributed by atoms with E-state index in [4.69, 9.17) is 0 Å². The van der Waals surface area contributed by atoms with Crippen molar-refractivity contribution in [3.63, 3.8) is 0 Å². The van der Waals surface area contributed by atoms with E-state index in [0.717, 1.165) is 18.4 Å². The van der Waals surface area contributed by atoms with Gasteiger partial charge in [-0.25, -0.2) is 0 Å². The lowest BCUT2D eigenvalue weighted by Gasteiger charge is -2.11. The number of aryl methyl sites for hydroxylation is 1. The summed E-state index contributed by atoms with van der Waals surface area (Å²) in [7, 11) is 1.29. The highest BCUT2D eigenvalue weighted by molar-refractivity contribution is 5.97. The Morgan fingerprint density at radius 3 is 2.55 bits per heavy atom. The molecule has 0 spiro atoms. The second-order valence-electron chi connectivity index (χ2n) is 5.42. The molecule has 22 heavy (non-hydrogen) atoms. The van der Waals surface area contributed by atoms with Crippen molar-refractivity contribution in [2.75, 3.05) is 17.7 Å². The Morgan fingerprint density at radius 2 is 1.91 bits per heavy atom. The molecule has 6 heteroatoms. The highest BCUT2D eigenvalue weighted by Gasteiger charge is 2.29. The van der Waals surface area contributed by atoms with Gasteiger partial charge >= 0.3 is 5.97 Å². The zero-order chi connectivity index (χ0) is 16.1. The fraction of sp³-hybridized carbons (Fsp3) is 0.438. The molecular weight excluding hydrogens is 284 g/mol. The summed E-state index contributed by atoms with van der Waals surface area (Å²) in [4.78, 5) is 34.6. The van der Waals surface area contributed by atoms with Gasteiger partial charge in [0.1, 0.15) is 0 Å². The molecular formula is C16H20N2O4. The molecule has 0 saturated heterocycles. The lowest BCUT2D eigenvalue weighted by molar-refractivity contribution is -0.141. The molecule has 0 radical (unpaired) electrons. The highest BCUT2D eigenvalue weighted by Crippen LogP contribution is 2.31. The summed E-state index contributed by atoms with van der Waals surface area (Å²) in [6.07, 6.45) is 1.98. The van der Waals surface area contributed by atoms with Crippen LogP contribution in [0.2, 0.25) is 0 Å². The van der Waals surface area contributed by atoms with Gasteiger partial charge in [-0.2, -0.15) is 0 Å². The van der Waals surface area contributed by atoms with Crippen LogP contribution >= 0.6 is 0 Å². The van der Waals surface area contributed by atoms with Crippen molar-refractivity contribution in [1.29, 1.82) is 0 Å². The average Bonchev–Trinajstić information content (AvgIpc) is 3.33. The predicted molar refractivity (Wildman–Crippen MR) is 82.4 cm³/mol. The first-order chi connectivity index (χ1) is 10.5. The van der Waals surface area contributed by atoms with E-state index in [9.17, 15) is 14.4 Å². The van der Waals surface area contributed by atoms with Crippen molar-refractivity contribution >= 4 is 29.2 Å². The molecule has 1 aromatic carbocycles. The van der Waals surface area contributed by atoms with Crippen LogP contribution in [0.25, 0.3) is 0 Å². The number of amides is 2. The second-order valence-corrected chi connectivity index (χ2v) is 5.42. The zero-order valence-corrected chi connectivity index (χ0v) is 12.8. The van der Waals surface area contributed by atoms with Gasteiger partial charge in [0.15, 0.2) is 0 Å². The van der Waals surface area contributed by atoms with Crippen molar-refractivity contribution < 1.29 is 19.1 Å². The van der Waals surface area contributed by atoms with Crippen LogP contribution < -0.4 is 10.6 Å². The summed E-state index contributed by atoms with van der Waals surface area (Å²) in [6, 6.07) is 5.32. The first-order valence-corrected chi connectivity index (χ1v) is 7.28. The molecule has 2 amide bonds. The van der Waals surface area contributed by atoms with Gasteiger partial charge < -0.3 is 15.4 Å². The maximum absolute atomic E-state index is 11.8. The summed E-state index contributed by atoms with van der Waals surface area (Å²) in [6.45, 7) is 1.89. The summed E-state index contributed by atoms with van der Waals surface area (Å²) in [5, 5.41) is 5.59. The van der Waals surface area contributed by atoms with E-state index in [-0.39, 0.29) is 30.6 Å². The van der Waals surface area contributed by atoms with Gasteiger partial charge in [-0.05, 0) is 37.5 Å². The van der Waals surface area contributed by atoms with E-state index in [1.807, 2.05) is 13.0 Å². The quantitative estimate of drug-likeness (QED) is 0.789. The van der Waals surface area contributed by atoms with Crippen molar-refractivity contribution in [3.05, 3.63) is 23.8 Å². The topological polar surface area (TPSA) is 84.5 Å². The Balaban J connectivity index is 1.94. The average molecular weight is 304 g/mol. The van der Waals surface area contributed by atoms with Gasteiger partial charge in [0.2, 0.25) is 11.8 Å². The number of carbonyl (C=O) groups excluding carboxylic acids is 3.